The van der Waals surface area contributed by atoms with E-state index in [4.69, 9.17) is 18.9 Å². The molecule has 0 aliphatic rings. The molecule has 1 atom stereocenters. The average Bonchev–Trinajstić information content (AvgIpc) is 2.27. The van der Waals surface area contributed by atoms with Crippen LogP contribution in [0.2, 0.25) is 0 Å². The van der Waals surface area contributed by atoms with Crippen molar-refractivity contribution in [3.63, 3.8) is 0 Å². The molecule has 0 saturated heterocycles. The summed E-state index contributed by atoms with van der Waals surface area (Å²) in [5.41, 5.74) is 0. The normalized spacial score (nSPS) is 9.75. The fourth-order valence-electron chi connectivity index (χ4n) is 1.16. The van der Waals surface area contributed by atoms with Crippen molar-refractivity contribution in [2.75, 3.05) is 48.3 Å². The minimum absolute atomic E-state index is 0. The maximum atomic E-state index is 5.01. The molecule has 0 spiro atoms. The van der Waals surface area contributed by atoms with Crippen molar-refractivity contribution >= 4 is 0 Å². The topological polar surface area (TPSA) is 36.9 Å². The zero-order valence-corrected chi connectivity index (χ0v) is 11.6. The minimum Gasteiger partial charge on any atom is -0.384 e. The zero-order chi connectivity index (χ0) is 12.8. The van der Waals surface area contributed by atoms with Crippen LogP contribution in [0.4, 0.5) is 0 Å². The Labute approximate surface area is 130 Å². The van der Waals surface area contributed by atoms with Gasteiger partial charge in [-0.2, -0.15) is 0 Å². The van der Waals surface area contributed by atoms with Crippen LogP contribution in [0.5, 0.6) is 0 Å². The van der Waals surface area contributed by atoms with E-state index in [0.717, 1.165) is 19.6 Å². The first-order chi connectivity index (χ1) is 7.65. The minimum atomic E-state index is 0. The second-order valence-electron chi connectivity index (χ2n) is 3.74. The molecule has 0 fully saturated rings. The highest BCUT2D eigenvalue weighted by molar-refractivity contribution is 4.49. The Morgan fingerprint density at radius 3 is 1.20 bits per heavy atom. The van der Waals surface area contributed by atoms with Crippen molar-refractivity contribution in [1.82, 2.24) is 0 Å². The van der Waals surface area contributed by atoms with Gasteiger partial charge in [-0.05, 0) is 6.42 Å². The molecule has 0 bridgehead atoms. The summed E-state index contributed by atoms with van der Waals surface area (Å²) in [4.78, 5) is 0. The van der Waals surface area contributed by atoms with Gasteiger partial charge in [0.1, 0.15) is 0 Å². The summed E-state index contributed by atoms with van der Waals surface area (Å²) in [6.07, 6.45) is 1.30. The molecule has 132 valence electrons. The maximum Gasteiger partial charge on any atom is 0.0801 e. The lowest BCUT2D eigenvalue weighted by Crippen LogP contribution is -2.15. The van der Waals surface area contributed by atoms with Gasteiger partial charge in [0.2, 0.25) is 0 Å². The van der Waals surface area contributed by atoms with Crippen LogP contribution in [0.3, 0.4) is 0 Å². The van der Waals surface area contributed by atoms with Crippen LogP contribution in [0.15, 0.2) is 0 Å². The van der Waals surface area contributed by atoms with Crippen molar-refractivity contribution in [3.8, 4) is 0 Å². The van der Waals surface area contributed by atoms with E-state index in [9.17, 15) is 0 Å². The van der Waals surface area contributed by atoms with E-state index in [1.54, 1.807) is 28.4 Å². The van der Waals surface area contributed by atoms with E-state index >= 15 is 0 Å². The van der Waals surface area contributed by atoms with Crippen molar-refractivity contribution in [2.24, 2.45) is 5.92 Å². The van der Waals surface area contributed by atoms with Crippen LogP contribution in [-0.4, -0.2) is 54.4 Å². The molecule has 0 aliphatic carbocycles. The van der Waals surface area contributed by atoms with Gasteiger partial charge in [0.25, 0.3) is 0 Å². The highest BCUT2D eigenvalue weighted by Crippen LogP contribution is 1.94. The molecule has 0 heterocycles. The summed E-state index contributed by atoms with van der Waals surface area (Å²) in [6, 6.07) is 0. The van der Waals surface area contributed by atoms with Gasteiger partial charge in [-0.15, -0.1) is 0 Å². The van der Waals surface area contributed by atoms with Crippen LogP contribution in [-0.2, 0) is 18.9 Å². The third kappa shape index (κ3) is 30.7. The molecule has 20 heavy (non-hydrogen) atoms. The molecule has 0 saturated carbocycles. The van der Waals surface area contributed by atoms with Crippen LogP contribution in [0, 0.1) is 5.92 Å². The Kier molecular flexibility index (Phi) is 57.5. The van der Waals surface area contributed by atoms with E-state index in [1.807, 2.05) is 0 Å². The van der Waals surface area contributed by atoms with E-state index in [2.05, 4.69) is 13.8 Å². The summed E-state index contributed by atoms with van der Waals surface area (Å²) in [7, 11) is 6.78. The molecule has 4 heteroatoms. The molecule has 0 aromatic rings. The fraction of sp³-hybridized carbons (Fsp3) is 1.00. The van der Waals surface area contributed by atoms with Gasteiger partial charge in [0.15, 0.2) is 0 Å². The first-order valence-corrected chi connectivity index (χ1v) is 5.65. The summed E-state index contributed by atoms with van der Waals surface area (Å²) in [6.45, 7) is 6.44. The van der Waals surface area contributed by atoms with Gasteiger partial charge in [-0.25, -0.2) is 0 Å². The third-order valence-corrected chi connectivity index (χ3v) is 2.04. The standard InChI is InChI=1S/2C6H14O2.4CH4/c1-6(4-7-2)5-8-3;1-4-6(8-3)5-7-2;;;;/h2*6H,4-5H2,1-3H3;4*1H4. The largest absolute Gasteiger partial charge is 0.384 e. The fourth-order valence-corrected chi connectivity index (χ4v) is 1.16. The Morgan fingerprint density at radius 1 is 0.700 bits per heavy atom. The summed E-state index contributed by atoms with van der Waals surface area (Å²) >= 11 is 0. The Morgan fingerprint density at radius 2 is 1.05 bits per heavy atom. The molecule has 0 aliphatic heterocycles. The first kappa shape index (κ1) is 36.8. The van der Waals surface area contributed by atoms with E-state index in [1.165, 1.54) is 0 Å². The molecule has 0 aromatic carbocycles. The van der Waals surface area contributed by atoms with E-state index in [0.29, 0.717) is 12.5 Å². The summed E-state index contributed by atoms with van der Waals surface area (Å²) < 4.78 is 19.6. The number of hydrogen-bond donors (Lipinski definition) is 0. The highest BCUT2D eigenvalue weighted by Gasteiger charge is 2.00. The predicted octanol–water partition coefficient (Wildman–Crippen LogP) is 4.52. The molecule has 4 nitrogen and oxygen atoms in total. The predicted molar refractivity (Wildman–Crippen MR) is 92.8 cm³/mol. The van der Waals surface area contributed by atoms with E-state index in [-0.39, 0.29) is 35.8 Å². The first-order valence-electron chi connectivity index (χ1n) is 5.65. The summed E-state index contributed by atoms with van der Waals surface area (Å²) in [5, 5.41) is 0. The Hall–Kier alpha value is -0.160. The van der Waals surface area contributed by atoms with Gasteiger partial charge in [0, 0.05) is 34.4 Å². The number of hydrogen-bond acceptors (Lipinski definition) is 4. The van der Waals surface area contributed by atoms with Crippen molar-refractivity contribution in [1.29, 1.82) is 0 Å². The van der Waals surface area contributed by atoms with Crippen molar-refractivity contribution in [2.45, 2.75) is 56.1 Å². The molecular weight excluding hydrogens is 256 g/mol. The lowest BCUT2D eigenvalue weighted by molar-refractivity contribution is 0.0265. The molecule has 0 rings (SSSR count). The number of methoxy groups -OCH3 is 4. The highest BCUT2D eigenvalue weighted by atomic mass is 16.5. The van der Waals surface area contributed by atoms with Crippen LogP contribution in [0.1, 0.15) is 50.0 Å². The van der Waals surface area contributed by atoms with Gasteiger partial charge in [0.05, 0.1) is 25.9 Å². The maximum absolute atomic E-state index is 5.01. The number of ether oxygens (including phenoxy) is 4. The molecule has 0 aromatic heterocycles. The van der Waals surface area contributed by atoms with Gasteiger partial charge >= 0.3 is 0 Å². The quantitative estimate of drug-likeness (QED) is 0.660. The third-order valence-electron chi connectivity index (χ3n) is 2.04. The molecule has 0 amide bonds. The Balaban J connectivity index is -0.0000000408. The average molecular weight is 301 g/mol. The Bertz CT molecular complexity index is 111. The number of rotatable bonds is 8. The van der Waals surface area contributed by atoms with Crippen LogP contribution in [0.25, 0.3) is 0 Å². The van der Waals surface area contributed by atoms with Crippen LogP contribution >= 0.6 is 0 Å². The molecular formula is C16H44O4. The van der Waals surface area contributed by atoms with Crippen molar-refractivity contribution < 1.29 is 18.9 Å². The second kappa shape index (κ2) is 31.3. The molecule has 1 unspecified atom stereocenters. The summed E-state index contributed by atoms with van der Waals surface area (Å²) in [5.74, 6) is 0.519. The van der Waals surface area contributed by atoms with Gasteiger partial charge in [-0.1, -0.05) is 43.6 Å². The smallest absolute Gasteiger partial charge is 0.0801 e. The molecule has 0 radical (unpaired) electrons. The lowest BCUT2D eigenvalue weighted by Gasteiger charge is -2.09. The van der Waals surface area contributed by atoms with Gasteiger partial charge in [-0.3, -0.25) is 0 Å². The van der Waals surface area contributed by atoms with Crippen LogP contribution < -0.4 is 0 Å². The van der Waals surface area contributed by atoms with Crippen molar-refractivity contribution in [3.05, 3.63) is 0 Å². The molecule has 0 N–H and O–H groups in total. The monoisotopic (exact) mass is 300 g/mol. The lowest BCUT2D eigenvalue weighted by atomic mass is 10.2. The zero-order valence-electron chi connectivity index (χ0n) is 11.6. The SMILES string of the molecule is C.C.C.C.CCC(COC)OC.COCC(C)COC. The van der Waals surface area contributed by atoms with E-state index < -0.39 is 0 Å². The van der Waals surface area contributed by atoms with Gasteiger partial charge < -0.3 is 18.9 Å². The second-order valence-corrected chi connectivity index (χ2v) is 3.74.